The lowest BCUT2D eigenvalue weighted by molar-refractivity contribution is 0.525. The molecule has 1 atom stereocenters. The first-order valence-corrected chi connectivity index (χ1v) is 6.57. The van der Waals surface area contributed by atoms with Crippen LogP contribution in [-0.4, -0.2) is 19.1 Å². The zero-order valence-electron chi connectivity index (χ0n) is 11.4. The van der Waals surface area contributed by atoms with Crippen molar-refractivity contribution in [2.45, 2.75) is 19.5 Å². The van der Waals surface area contributed by atoms with Gasteiger partial charge in [-0.25, -0.2) is 0 Å². The van der Waals surface area contributed by atoms with E-state index in [1.54, 1.807) is 6.26 Å². The Labute approximate surface area is 118 Å². The van der Waals surface area contributed by atoms with Crippen molar-refractivity contribution < 1.29 is 4.42 Å². The van der Waals surface area contributed by atoms with Crippen LogP contribution in [0, 0.1) is 0 Å². The average molecular weight is 280 g/mol. The van der Waals surface area contributed by atoms with E-state index in [9.17, 15) is 0 Å². The van der Waals surface area contributed by atoms with E-state index in [0.29, 0.717) is 12.6 Å². The average Bonchev–Trinajstić information content (AvgIpc) is 2.87. The number of hydrogen-bond donors (Lipinski definition) is 1. The van der Waals surface area contributed by atoms with Gasteiger partial charge in [-0.15, -0.1) is 0 Å². The number of anilines is 1. The second-order valence-corrected chi connectivity index (χ2v) is 4.87. The second kappa shape index (κ2) is 6.08. The zero-order valence-corrected chi connectivity index (χ0v) is 12.1. The highest BCUT2D eigenvalue weighted by molar-refractivity contribution is 6.31. The lowest BCUT2D eigenvalue weighted by Gasteiger charge is -2.24. The van der Waals surface area contributed by atoms with Crippen LogP contribution in [0.2, 0.25) is 5.02 Å². The quantitative estimate of drug-likeness (QED) is 0.912. The normalized spacial score (nSPS) is 12.4. The van der Waals surface area contributed by atoms with Crippen LogP contribution < -0.4 is 10.2 Å². The van der Waals surface area contributed by atoms with Crippen molar-refractivity contribution in [3.8, 4) is 0 Å². The van der Waals surface area contributed by atoms with Crippen molar-refractivity contribution in [3.63, 3.8) is 0 Å². The maximum atomic E-state index is 6.22. The van der Waals surface area contributed by atoms with Crippen LogP contribution in [0.15, 0.2) is 34.9 Å². The highest BCUT2D eigenvalue weighted by Crippen LogP contribution is 2.29. The SMILES string of the molecule is CNCc1coc(N(C)C(C)c2ccccc2Cl)n1. The molecule has 0 saturated heterocycles. The summed E-state index contributed by atoms with van der Waals surface area (Å²) in [5.41, 5.74) is 1.94. The molecule has 1 aromatic heterocycles. The smallest absolute Gasteiger partial charge is 0.297 e. The molecule has 0 aliphatic rings. The first kappa shape index (κ1) is 13.9. The molecule has 102 valence electrons. The van der Waals surface area contributed by atoms with E-state index >= 15 is 0 Å². The molecule has 0 radical (unpaired) electrons. The number of benzene rings is 1. The number of oxazole rings is 1. The summed E-state index contributed by atoms with van der Waals surface area (Å²) in [4.78, 5) is 6.40. The molecule has 1 unspecified atom stereocenters. The van der Waals surface area contributed by atoms with Gasteiger partial charge in [0.2, 0.25) is 0 Å². The van der Waals surface area contributed by atoms with Crippen LogP contribution in [0.1, 0.15) is 24.2 Å². The minimum Gasteiger partial charge on any atom is -0.432 e. The Morgan fingerprint density at radius 3 is 2.84 bits per heavy atom. The third kappa shape index (κ3) is 3.08. The predicted octanol–water partition coefficient (Wildman–Crippen LogP) is 3.24. The van der Waals surface area contributed by atoms with Crippen molar-refractivity contribution in [2.75, 3.05) is 19.0 Å². The molecule has 0 aliphatic heterocycles. The van der Waals surface area contributed by atoms with Gasteiger partial charge in [0.1, 0.15) is 6.26 Å². The first-order chi connectivity index (χ1) is 9.13. The molecule has 0 saturated carbocycles. The lowest BCUT2D eigenvalue weighted by atomic mass is 10.1. The number of nitrogens with zero attached hydrogens (tertiary/aromatic N) is 2. The molecule has 1 aromatic carbocycles. The minimum atomic E-state index is 0.0924. The number of hydrogen-bond acceptors (Lipinski definition) is 4. The van der Waals surface area contributed by atoms with E-state index in [1.807, 2.05) is 43.3 Å². The van der Waals surface area contributed by atoms with Crippen LogP contribution >= 0.6 is 11.6 Å². The summed E-state index contributed by atoms with van der Waals surface area (Å²) in [5, 5.41) is 3.80. The summed E-state index contributed by atoms with van der Waals surface area (Å²) < 4.78 is 5.49. The Bertz CT molecular complexity index is 541. The van der Waals surface area contributed by atoms with Crippen LogP contribution in [0.25, 0.3) is 0 Å². The molecule has 0 spiro atoms. The largest absolute Gasteiger partial charge is 0.432 e. The van der Waals surface area contributed by atoms with Crippen molar-refractivity contribution >= 4 is 17.6 Å². The highest BCUT2D eigenvalue weighted by Gasteiger charge is 2.18. The number of nitrogens with one attached hydrogen (secondary N) is 1. The molecule has 0 fully saturated rings. The Kier molecular flexibility index (Phi) is 4.45. The molecule has 1 N–H and O–H groups in total. The van der Waals surface area contributed by atoms with Crippen LogP contribution in [-0.2, 0) is 6.54 Å². The van der Waals surface area contributed by atoms with Gasteiger partial charge in [0.15, 0.2) is 0 Å². The molecule has 0 aliphatic carbocycles. The minimum absolute atomic E-state index is 0.0924. The molecule has 0 amide bonds. The van der Waals surface area contributed by atoms with Crippen LogP contribution in [0.5, 0.6) is 0 Å². The molecule has 2 aromatic rings. The fourth-order valence-corrected chi connectivity index (χ4v) is 2.20. The van der Waals surface area contributed by atoms with Gasteiger partial charge in [0.05, 0.1) is 11.7 Å². The van der Waals surface area contributed by atoms with Gasteiger partial charge in [0, 0.05) is 18.6 Å². The summed E-state index contributed by atoms with van der Waals surface area (Å²) in [6.07, 6.45) is 1.67. The van der Waals surface area contributed by atoms with Gasteiger partial charge in [-0.1, -0.05) is 29.8 Å². The summed E-state index contributed by atoms with van der Waals surface area (Å²) in [6.45, 7) is 2.76. The molecule has 2 rings (SSSR count). The molecular weight excluding hydrogens is 262 g/mol. The van der Waals surface area contributed by atoms with Gasteiger partial charge in [-0.05, 0) is 25.6 Å². The maximum absolute atomic E-state index is 6.22. The van der Waals surface area contributed by atoms with Gasteiger partial charge >= 0.3 is 0 Å². The first-order valence-electron chi connectivity index (χ1n) is 6.19. The monoisotopic (exact) mass is 279 g/mol. The standard InChI is InChI=1S/C14H18ClN3O/c1-10(12-6-4-5-7-13(12)15)18(3)14-17-11(8-16-2)9-19-14/h4-7,9-10,16H,8H2,1-3H3. The van der Waals surface area contributed by atoms with E-state index in [2.05, 4.69) is 17.2 Å². The zero-order chi connectivity index (χ0) is 13.8. The van der Waals surface area contributed by atoms with Gasteiger partial charge in [0.25, 0.3) is 6.01 Å². The van der Waals surface area contributed by atoms with Crippen LogP contribution in [0.4, 0.5) is 6.01 Å². The molecule has 19 heavy (non-hydrogen) atoms. The molecule has 1 heterocycles. The highest BCUT2D eigenvalue weighted by atomic mass is 35.5. The van der Waals surface area contributed by atoms with Gasteiger partial charge in [-0.2, -0.15) is 4.98 Å². The fourth-order valence-electron chi connectivity index (χ4n) is 1.91. The van der Waals surface area contributed by atoms with Crippen molar-refractivity contribution in [1.82, 2.24) is 10.3 Å². The predicted molar refractivity (Wildman–Crippen MR) is 77.5 cm³/mol. The molecular formula is C14H18ClN3O. The Morgan fingerprint density at radius 2 is 2.16 bits per heavy atom. The number of aromatic nitrogens is 1. The molecule has 4 nitrogen and oxygen atoms in total. The van der Waals surface area contributed by atoms with E-state index in [1.165, 1.54) is 0 Å². The Balaban J connectivity index is 2.18. The van der Waals surface area contributed by atoms with Crippen molar-refractivity contribution in [2.24, 2.45) is 0 Å². The Hall–Kier alpha value is -1.52. The summed E-state index contributed by atoms with van der Waals surface area (Å²) in [5.74, 6) is 0. The molecule has 5 heteroatoms. The molecule has 0 bridgehead atoms. The third-order valence-corrected chi connectivity index (χ3v) is 3.48. The summed E-state index contributed by atoms with van der Waals surface area (Å²) >= 11 is 6.22. The topological polar surface area (TPSA) is 41.3 Å². The number of halogens is 1. The van der Waals surface area contributed by atoms with E-state index in [4.69, 9.17) is 16.0 Å². The van der Waals surface area contributed by atoms with E-state index in [-0.39, 0.29) is 6.04 Å². The van der Waals surface area contributed by atoms with E-state index < -0.39 is 0 Å². The van der Waals surface area contributed by atoms with Gasteiger partial charge < -0.3 is 14.6 Å². The van der Waals surface area contributed by atoms with Crippen molar-refractivity contribution in [3.05, 3.63) is 46.8 Å². The van der Waals surface area contributed by atoms with Crippen LogP contribution in [0.3, 0.4) is 0 Å². The lowest BCUT2D eigenvalue weighted by Crippen LogP contribution is -2.22. The second-order valence-electron chi connectivity index (χ2n) is 4.46. The summed E-state index contributed by atoms with van der Waals surface area (Å²) in [6, 6.07) is 8.50. The maximum Gasteiger partial charge on any atom is 0.297 e. The third-order valence-electron chi connectivity index (χ3n) is 3.14. The van der Waals surface area contributed by atoms with Crippen molar-refractivity contribution in [1.29, 1.82) is 0 Å². The fraction of sp³-hybridized carbons (Fsp3) is 0.357. The Morgan fingerprint density at radius 1 is 1.42 bits per heavy atom. The number of rotatable bonds is 5. The van der Waals surface area contributed by atoms with Gasteiger partial charge in [-0.3, -0.25) is 0 Å². The summed E-state index contributed by atoms with van der Waals surface area (Å²) in [7, 11) is 3.83. The van der Waals surface area contributed by atoms with E-state index in [0.717, 1.165) is 16.3 Å².